The maximum absolute atomic E-state index is 12.5. The van der Waals surface area contributed by atoms with Crippen LogP contribution in [-0.2, 0) is 11.6 Å². The van der Waals surface area contributed by atoms with E-state index in [9.17, 15) is 23.1 Å². The quantitative estimate of drug-likeness (QED) is 0.840. The minimum Gasteiger partial charge on any atom is -0.387 e. The Morgan fingerprint density at radius 1 is 0.962 bits per heavy atom. The molecule has 0 aliphatic rings. The lowest BCUT2D eigenvalue weighted by Crippen LogP contribution is -2.28. The van der Waals surface area contributed by atoms with Crippen molar-refractivity contribution < 1.29 is 23.1 Å². The molecule has 1 atom stereocenters. The summed E-state index contributed by atoms with van der Waals surface area (Å²) in [6.45, 7) is 6.12. The molecular formula is C20H22F3NO2. The van der Waals surface area contributed by atoms with E-state index in [0.717, 1.165) is 17.7 Å². The number of carbonyl (C=O) groups excluding carboxylic acids is 1. The maximum atomic E-state index is 12.5. The molecule has 2 aromatic carbocycles. The number of amides is 1. The summed E-state index contributed by atoms with van der Waals surface area (Å²) < 4.78 is 37.6. The van der Waals surface area contributed by atoms with Gasteiger partial charge in [0.1, 0.15) is 0 Å². The van der Waals surface area contributed by atoms with Gasteiger partial charge in [-0.05, 0) is 40.8 Å². The first-order chi connectivity index (χ1) is 12.0. The van der Waals surface area contributed by atoms with Crippen LogP contribution >= 0.6 is 0 Å². The molecule has 0 unspecified atom stereocenters. The molecule has 0 spiro atoms. The molecule has 0 fully saturated rings. The first kappa shape index (κ1) is 20.0. The molecule has 26 heavy (non-hydrogen) atoms. The zero-order valence-corrected chi connectivity index (χ0v) is 14.9. The van der Waals surface area contributed by atoms with Crippen LogP contribution in [0.1, 0.15) is 53.9 Å². The maximum Gasteiger partial charge on any atom is 0.416 e. The van der Waals surface area contributed by atoms with Gasteiger partial charge in [0.2, 0.25) is 0 Å². The van der Waals surface area contributed by atoms with Crippen molar-refractivity contribution in [2.45, 2.75) is 38.5 Å². The molecule has 0 radical (unpaired) electrons. The van der Waals surface area contributed by atoms with E-state index >= 15 is 0 Å². The molecule has 140 valence electrons. The van der Waals surface area contributed by atoms with Crippen LogP contribution in [0.3, 0.4) is 0 Å². The van der Waals surface area contributed by atoms with Crippen LogP contribution in [0.15, 0.2) is 48.5 Å². The zero-order chi connectivity index (χ0) is 19.5. The van der Waals surface area contributed by atoms with Crippen LogP contribution < -0.4 is 5.32 Å². The van der Waals surface area contributed by atoms with Gasteiger partial charge in [-0.2, -0.15) is 13.2 Å². The van der Waals surface area contributed by atoms with Crippen LogP contribution in [-0.4, -0.2) is 17.6 Å². The van der Waals surface area contributed by atoms with Gasteiger partial charge in [0.15, 0.2) is 0 Å². The standard InChI is InChI=1S/C20H22F3NO2/c1-19(2,3)15-8-6-14(7-9-15)18(26)24-12-17(25)13-4-10-16(11-5-13)20(21,22)23/h4-11,17,25H,12H2,1-3H3,(H,24,26)/t17-/m1/s1. The average Bonchev–Trinajstić information content (AvgIpc) is 2.58. The Kier molecular flexibility index (Phi) is 5.76. The molecule has 3 nitrogen and oxygen atoms in total. The molecule has 0 aliphatic heterocycles. The van der Waals surface area contributed by atoms with E-state index < -0.39 is 17.8 Å². The first-order valence-electron chi connectivity index (χ1n) is 8.22. The van der Waals surface area contributed by atoms with E-state index in [2.05, 4.69) is 26.1 Å². The fourth-order valence-electron chi connectivity index (χ4n) is 2.43. The molecule has 0 bridgehead atoms. The van der Waals surface area contributed by atoms with E-state index in [-0.39, 0.29) is 17.9 Å². The molecule has 2 rings (SSSR count). The number of aliphatic hydroxyl groups excluding tert-OH is 1. The van der Waals surface area contributed by atoms with Crippen LogP contribution in [0.5, 0.6) is 0 Å². The number of nitrogens with one attached hydrogen (secondary N) is 1. The van der Waals surface area contributed by atoms with Crippen molar-refractivity contribution in [1.82, 2.24) is 5.32 Å². The number of rotatable bonds is 4. The highest BCUT2D eigenvalue weighted by molar-refractivity contribution is 5.94. The smallest absolute Gasteiger partial charge is 0.387 e. The van der Waals surface area contributed by atoms with Gasteiger partial charge in [-0.25, -0.2) is 0 Å². The van der Waals surface area contributed by atoms with Crippen LogP contribution in [0.4, 0.5) is 13.2 Å². The van der Waals surface area contributed by atoms with Crippen molar-refractivity contribution >= 4 is 5.91 Å². The van der Waals surface area contributed by atoms with Gasteiger partial charge in [-0.15, -0.1) is 0 Å². The molecule has 6 heteroatoms. The minimum atomic E-state index is -4.42. The lowest BCUT2D eigenvalue weighted by Gasteiger charge is -2.19. The third-order valence-electron chi connectivity index (χ3n) is 4.09. The lowest BCUT2D eigenvalue weighted by atomic mass is 9.87. The number of aliphatic hydroxyl groups is 1. The summed E-state index contributed by atoms with van der Waals surface area (Å²) in [4.78, 5) is 12.2. The van der Waals surface area contributed by atoms with Gasteiger partial charge in [-0.1, -0.05) is 45.0 Å². The first-order valence-corrected chi connectivity index (χ1v) is 8.22. The monoisotopic (exact) mass is 365 g/mol. The highest BCUT2D eigenvalue weighted by Crippen LogP contribution is 2.29. The van der Waals surface area contributed by atoms with E-state index in [4.69, 9.17) is 0 Å². The predicted octanol–water partition coefficient (Wildman–Crippen LogP) is 4.47. The minimum absolute atomic E-state index is 0.0201. The number of carbonyl (C=O) groups is 1. The molecule has 0 saturated heterocycles. The summed E-state index contributed by atoms with van der Waals surface area (Å²) in [5, 5.41) is 12.7. The van der Waals surface area contributed by atoms with E-state index in [1.165, 1.54) is 12.1 Å². The van der Waals surface area contributed by atoms with Crippen molar-refractivity contribution in [2.75, 3.05) is 6.54 Å². The Morgan fingerprint density at radius 2 is 1.46 bits per heavy atom. The van der Waals surface area contributed by atoms with Crippen molar-refractivity contribution in [2.24, 2.45) is 0 Å². The molecule has 0 aromatic heterocycles. The van der Waals surface area contributed by atoms with Gasteiger partial charge in [-0.3, -0.25) is 4.79 Å². The van der Waals surface area contributed by atoms with Crippen molar-refractivity contribution in [3.8, 4) is 0 Å². The fraction of sp³-hybridized carbons (Fsp3) is 0.350. The Labute approximate surface area is 150 Å². The zero-order valence-electron chi connectivity index (χ0n) is 14.9. The second kappa shape index (κ2) is 7.50. The number of hydrogen-bond donors (Lipinski definition) is 2. The van der Waals surface area contributed by atoms with E-state index in [1.807, 2.05) is 12.1 Å². The molecular weight excluding hydrogens is 343 g/mol. The van der Waals surface area contributed by atoms with Crippen molar-refractivity contribution in [3.05, 3.63) is 70.8 Å². The Bertz CT molecular complexity index is 745. The molecule has 2 N–H and O–H groups in total. The SMILES string of the molecule is CC(C)(C)c1ccc(C(=O)NC[C@@H](O)c2ccc(C(F)(F)F)cc2)cc1. The number of benzene rings is 2. The molecule has 1 amide bonds. The van der Waals surface area contributed by atoms with Gasteiger partial charge < -0.3 is 10.4 Å². The predicted molar refractivity (Wildman–Crippen MR) is 93.9 cm³/mol. The van der Waals surface area contributed by atoms with Gasteiger partial charge >= 0.3 is 6.18 Å². The number of hydrogen-bond acceptors (Lipinski definition) is 2. The number of alkyl halides is 3. The highest BCUT2D eigenvalue weighted by atomic mass is 19.4. The normalized spacial score (nSPS) is 13.3. The summed E-state index contributed by atoms with van der Waals surface area (Å²) in [7, 11) is 0. The summed E-state index contributed by atoms with van der Waals surface area (Å²) >= 11 is 0. The summed E-state index contributed by atoms with van der Waals surface area (Å²) in [6, 6.07) is 11.4. The summed E-state index contributed by atoms with van der Waals surface area (Å²) in [5.74, 6) is -0.351. The third kappa shape index (κ3) is 5.08. The summed E-state index contributed by atoms with van der Waals surface area (Å²) in [6.07, 6.45) is -5.51. The fourth-order valence-corrected chi connectivity index (χ4v) is 2.43. The van der Waals surface area contributed by atoms with Crippen molar-refractivity contribution in [3.63, 3.8) is 0 Å². The topological polar surface area (TPSA) is 49.3 Å². The van der Waals surface area contributed by atoms with Crippen molar-refractivity contribution in [1.29, 1.82) is 0 Å². The average molecular weight is 365 g/mol. The Morgan fingerprint density at radius 3 is 1.92 bits per heavy atom. The molecule has 0 aliphatic carbocycles. The van der Waals surface area contributed by atoms with Crippen LogP contribution in [0.2, 0.25) is 0 Å². The Balaban J connectivity index is 1.96. The van der Waals surface area contributed by atoms with E-state index in [0.29, 0.717) is 11.1 Å². The second-order valence-electron chi connectivity index (χ2n) is 7.17. The molecule has 2 aromatic rings. The summed E-state index contributed by atoms with van der Waals surface area (Å²) in [5.41, 5.74) is 1.06. The molecule has 0 heterocycles. The highest BCUT2D eigenvalue weighted by Gasteiger charge is 2.30. The second-order valence-corrected chi connectivity index (χ2v) is 7.17. The third-order valence-corrected chi connectivity index (χ3v) is 4.09. The largest absolute Gasteiger partial charge is 0.416 e. The number of halogens is 3. The van der Waals surface area contributed by atoms with Crippen LogP contribution in [0, 0.1) is 0 Å². The van der Waals surface area contributed by atoms with Gasteiger partial charge in [0.25, 0.3) is 5.91 Å². The van der Waals surface area contributed by atoms with Crippen LogP contribution in [0.25, 0.3) is 0 Å². The lowest BCUT2D eigenvalue weighted by molar-refractivity contribution is -0.137. The van der Waals surface area contributed by atoms with E-state index in [1.54, 1.807) is 12.1 Å². The van der Waals surface area contributed by atoms with Gasteiger partial charge in [0.05, 0.1) is 11.7 Å². The van der Waals surface area contributed by atoms with Gasteiger partial charge in [0, 0.05) is 12.1 Å². The Hall–Kier alpha value is -2.34. The molecule has 0 saturated carbocycles.